The molecule has 1 N–H and O–H groups in total. The fourth-order valence-electron chi connectivity index (χ4n) is 1.98. The molecule has 0 bridgehead atoms. The Hall–Kier alpha value is -0.890. The number of halogens is 1. The molecule has 1 aliphatic rings. The van der Waals surface area contributed by atoms with Gasteiger partial charge in [-0.3, -0.25) is 10.1 Å². The van der Waals surface area contributed by atoms with Gasteiger partial charge in [-0.25, -0.2) is 0 Å². The van der Waals surface area contributed by atoms with Gasteiger partial charge in [0.05, 0.1) is 15.1 Å². The van der Waals surface area contributed by atoms with E-state index >= 15 is 0 Å². The number of benzene rings is 1. The molecule has 0 amide bonds. The van der Waals surface area contributed by atoms with Crippen molar-refractivity contribution in [1.82, 2.24) is 5.32 Å². The minimum absolute atomic E-state index is 0.105. The van der Waals surface area contributed by atoms with Crippen LogP contribution < -0.4 is 10.1 Å². The third kappa shape index (κ3) is 3.55. The van der Waals surface area contributed by atoms with Crippen LogP contribution in [0.15, 0.2) is 18.2 Å². The molecule has 0 spiro atoms. The molecule has 0 aliphatic carbocycles. The van der Waals surface area contributed by atoms with Crippen molar-refractivity contribution in [3.63, 3.8) is 0 Å². The Morgan fingerprint density at radius 3 is 2.78 bits per heavy atom. The molecular weight excluding hydrogens is 347 g/mol. The Morgan fingerprint density at radius 2 is 2.17 bits per heavy atom. The highest BCUT2D eigenvalue weighted by Crippen LogP contribution is 2.26. The largest absolute Gasteiger partial charge is 0.492 e. The lowest BCUT2D eigenvalue weighted by Gasteiger charge is -2.22. The topological polar surface area (TPSA) is 64.4 Å². The van der Waals surface area contributed by atoms with Crippen molar-refractivity contribution in [2.24, 2.45) is 5.92 Å². The van der Waals surface area contributed by atoms with Gasteiger partial charge in [-0.2, -0.15) is 0 Å². The summed E-state index contributed by atoms with van der Waals surface area (Å²) >= 11 is 2.07. The molecule has 0 saturated carbocycles. The van der Waals surface area contributed by atoms with Crippen LogP contribution >= 0.6 is 22.6 Å². The second kappa shape index (κ2) is 6.33. The molecule has 1 saturated heterocycles. The SMILES string of the molecule is O=[N+]([O-])c1ccc(OCC2CCNCC2)c(I)c1. The van der Waals surface area contributed by atoms with E-state index in [0.29, 0.717) is 12.5 Å². The minimum Gasteiger partial charge on any atom is -0.492 e. The Kier molecular flexibility index (Phi) is 4.76. The highest BCUT2D eigenvalue weighted by molar-refractivity contribution is 14.1. The van der Waals surface area contributed by atoms with Gasteiger partial charge in [0.2, 0.25) is 0 Å². The number of nitro benzene ring substituents is 1. The van der Waals surface area contributed by atoms with Crippen molar-refractivity contribution in [3.8, 4) is 5.75 Å². The first-order chi connectivity index (χ1) is 8.66. The van der Waals surface area contributed by atoms with Gasteiger partial charge in [0, 0.05) is 12.1 Å². The average Bonchev–Trinajstić information content (AvgIpc) is 2.38. The molecule has 18 heavy (non-hydrogen) atoms. The number of nitrogens with one attached hydrogen (secondary N) is 1. The van der Waals surface area contributed by atoms with Gasteiger partial charge < -0.3 is 10.1 Å². The zero-order chi connectivity index (χ0) is 13.0. The highest BCUT2D eigenvalue weighted by Gasteiger charge is 2.15. The first-order valence-electron chi connectivity index (χ1n) is 5.94. The summed E-state index contributed by atoms with van der Waals surface area (Å²) in [6.45, 7) is 2.78. The maximum absolute atomic E-state index is 10.6. The van der Waals surface area contributed by atoms with E-state index in [4.69, 9.17) is 4.74 Å². The van der Waals surface area contributed by atoms with Gasteiger partial charge in [0.1, 0.15) is 5.75 Å². The summed E-state index contributed by atoms with van der Waals surface area (Å²) in [6, 6.07) is 4.71. The molecule has 0 unspecified atom stereocenters. The van der Waals surface area contributed by atoms with Crippen molar-refractivity contribution in [2.45, 2.75) is 12.8 Å². The third-order valence-electron chi connectivity index (χ3n) is 3.06. The standard InChI is InChI=1S/C12H15IN2O3/c13-11-7-10(15(16)17)1-2-12(11)18-8-9-3-5-14-6-4-9/h1-2,7,9,14H,3-6,8H2. The van der Waals surface area contributed by atoms with Crippen molar-refractivity contribution >= 4 is 28.3 Å². The van der Waals surface area contributed by atoms with Crippen LogP contribution in [0.5, 0.6) is 5.75 Å². The smallest absolute Gasteiger partial charge is 0.270 e. The van der Waals surface area contributed by atoms with Crippen LogP contribution in [-0.4, -0.2) is 24.6 Å². The van der Waals surface area contributed by atoms with Crippen molar-refractivity contribution in [2.75, 3.05) is 19.7 Å². The Bertz CT molecular complexity index is 433. The summed E-state index contributed by atoms with van der Waals surface area (Å²) in [6.07, 6.45) is 2.26. The minimum atomic E-state index is -0.390. The van der Waals surface area contributed by atoms with Gasteiger partial charge >= 0.3 is 0 Å². The first kappa shape index (κ1) is 13.5. The van der Waals surface area contributed by atoms with E-state index in [2.05, 4.69) is 27.9 Å². The second-order valence-corrected chi connectivity index (χ2v) is 5.54. The van der Waals surface area contributed by atoms with Crippen LogP contribution in [0.4, 0.5) is 5.69 Å². The molecule has 2 rings (SSSR count). The van der Waals surface area contributed by atoms with Crippen LogP contribution in [0, 0.1) is 19.6 Å². The predicted molar refractivity (Wildman–Crippen MR) is 76.9 cm³/mol. The summed E-state index contributed by atoms with van der Waals surface area (Å²) in [7, 11) is 0. The fraction of sp³-hybridized carbons (Fsp3) is 0.500. The molecule has 1 fully saturated rings. The molecule has 6 heteroatoms. The van der Waals surface area contributed by atoms with Crippen LogP contribution in [0.2, 0.25) is 0 Å². The number of non-ortho nitro benzene ring substituents is 1. The third-order valence-corrected chi connectivity index (χ3v) is 3.90. The molecule has 0 radical (unpaired) electrons. The molecule has 1 heterocycles. The van der Waals surface area contributed by atoms with E-state index in [0.717, 1.165) is 35.3 Å². The van der Waals surface area contributed by atoms with E-state index in [-0.39, 0.29) is 5.69 Å². The number of hydrogen-bond acceptors (Lipinski definition) is 4. The molecule has 0 atom stereocenters. The Balaban J connectivity index is 1.94. The van der Waals surface area contributed by atoms with Crippen LogP contribution in [-0.2, 0) is 0 Å². The molecule has 1 aromatic carbocycles. The zero-order valence-corrected chi connectivity index (χ0v) is 12.1. The zero-order valence-electron chi connectivity index (χ0n) is 9.89. The van der Waals surface area contributed by atoms with Gasteiger partial charge in [-0.15, -0.1) is 0 Å². The van der Waals surface area contributed by atoms with Crippen molar-refractivity contribution in [3.05, 3.63) is 31.9 Å². The second-order valence-electron chi connectivity index (χ2n) is 4.38. The average molecular weight is 362 g/mol. The molecular formula is C12H15IN2O3. The van der Waals surface area contributed by atoms with Crippen LogP contribution in [0.25, 0.3) is 0 Å². The van der Waals surface area contributed by atoms with E-state index in [9.17, 15) is 10.1 Å². The van der Waals surface area contributed by atoms with Crippen molar-refractivity contribution in [1.29, 1.82) is 0 Å². The summed E-state index contributed by atoms with van der Waals surface area (Å²) in [5.41, 5.74) is 0.105. The number of piperidine rings is 1. The van der Waals surface area contributed by atoms with E-state index in [1.807, 2.05) is 0 Å². The lowest BCUT2D eigenvalue weighted by atomic mass is 9.99. The van der Waals surface area contributed by atoms with Crippen LogP contribution in [0.3, 0.4) is 0 Å². The highest BCUT2D eigenvalue weighted by atomic mass is 127. The van der Waals surface area contributed by atoms with Gasteiger partial charge in [0.15, 0.2) is 0 Å². The molecule has 1 aliphatic heterocycles. The predicted octanol–water partition coefficient (Wildman–Crippen LogP) is 2.58. The fourth-order valence-corrected chi connectivity index (χ4v) is 2.63. The van der Waals surface area contributed by atoms with Crippen molar-refractivity contribution < 1.29 is 9.66 Å². The normalized spacial score (nSPS) is 16.5. The molecule has 98 valence electrons. The maximum atomic E-state index is 10.6. The van der Waals surface area contributed by atoms with Gasteiger partial charge in [0.25, 0.3) is 5.69 Å². The van der Waals surface area contributed by atoms with E-state index in [1.165, 1.54) is 12.1 Å². The molecule has 0 aromatic heterocycles. The quantitative estimate of drug-likeness (QED) is 0.508. The molecule has 1 aromatic rings. The Morgan fingerprint density at radius 1 is 1.44 bits per heavy atom. The number of rotatable bonds is 4. The number of nitro groups is 1. The monoisotopic (exact) mass is 362 g/mol. The first-order valence-corrected chi connectivity index (χ1v) is 7.02. The summed E-state index contributed by atoms with van der Waals surface area (Å²) in [4.78, 5) is 10.2. The Labute approximate surface area is 119 Å². The summed E-state index contributed by atoms with van der Waals surface area (Å²) in [5, 5.41) is 13.9. The summed E-state index contributed by atoms with van der Waals surface area (Å²) < 4.78 is 6.54. The lowest BCUT2D eigenvalue weighted by Crippen LogP contribution is -2.30. The van der Waals surface area contributed by atoms with E-state index in [1.54, 1.807) is 6.07 Å². The van der Waals surface area contributed by atoms with Gasteiger partial charge in [-0.1, -0.05) is 0 Å². The van der Waals surface area contributed by atoms with Crippen LogP contribution in [0.1, 0.15) is 12.8 Å². The maximum Gasteiger partial charge on any atom is 0.270 e. The van der Waals surface area contributed by atoms with Gasteiger partial charge in [-0.05, 0) is 60.5 Å². The van der Waals surface area contributed by atoms with E-state index < -0.39 is 4.92 Å². The number of hydrogen-bond donors (Lipinski definition) is 1. The summed E-state index contributed by atoms with van der Waals surface area (Å²) in [5.74, 6) is 1.32. The lowest BCUT2D eigenvalue weighted by molar-refractivity contribution is -0.385. The number of ether oxygens (including phenoxy) is 1. The molecule has 5 nitrogen and oxygen atoms in total. The number of nitrogens with zero attached hydrogens (tertiary/aromatic N) is 1.